The van der Waals surface area contributed by atoms with E-state index in [9.17, 15) is 0 Å². The maximum Gasteiger partial charge on any atom is 0.0261 e. The van der Waals surface area contributed by atoms with Crippen LogP contribution in [0.25, 0.3) is 0 Å². The average Bonchev–Trinajstić information content (AvgIpc) is 2.85. The molecule has 0 bridgehead atoms. The molecule has 106 valence electrons. The second-order valence-corrected chi connectivity index (χ2v) is 6.07. The maximum absolute atomic E-state index is 3.56. The van der Waals surface area contributed by atoms with Crippen molar-refractivity contribution in [3.63, 3.8) is 0 Å². The lowest BCUT2D eigenvalue weighted by Crippen LogP contribution is -2.53. The van der Waals surface area contributed by atoms with E-state index in [0.29, 0.717) is 0 Å². The van der Waals surface area contributed by atoms with Crippen LogP contribution in [-0.4, -0.2) is 87.2 Å². The molecule has 2 rings (SSSR count). The van der Waals surface area contributed by atoms with Crippen LogP contribution in [0.5, 0.6) is 0 Å². The highest BCUT2D eigenvalue weighted by molar-refractivity contribution is 4.90. The molecule has 2 heterocycles. The molecule has 0 aromatic heterocycles. The predicted octanol–water partition coefficient (Wildman–Crippen LogP) is 0.164. The van der Waals surface area contributed by atoms with Gasteiger partial charge in [0.05, 0.1) is 0 Å². The number of likely N-dealkylation sites (N-methyl/N-ethyl adjacent to an activating group) is 1. The summed E-state index contributed by atoms with van der Waals surface area (Å²) in [6, 6.07) is 0.797. The highest BCUT2D eigenvalue weighted by Gasteiger charge is 2.32. The lowest BCUT2D eigenvalue weighted by Gasteiger charge is -2.39. The molecule has 0 spiro atoms. The average molecular weight is 254 g/mol. The Kier molecular flexibility index (Phi) is 5.42. The SMILES string of the molecule is CCC1CNCC1N1CCN(CCN(C)C)CC1. The molecule has 4 heteroatoms. The fourth-order valence-corrected chi connectivity index (χ4v) is 3.22. The van der Waals surface area contributed by atoms with E-state index in [2.05, 4.69) is 41.0 Å². The van der Waals surface area contributed by atoms with Gasteiger partial charge >= 0.3 is 0 Å². The van der Waals surface area contributed by atoms with Gasteiger partial charge in [0, 0.05) is 51.9 Å². The fraction of sp³-hybridized carbons (Fsp3) is 1.00. The Bertz CT molecular complexity index is 236. The van der Waals surface area contributed by atoms with Crippen LogP contribution in [0.1, 0.15) is 13.3 Å². The third-order valence-electron chi connectivity index (χ3n) is 4.57. The smallest absolute Gasteiger partial charge is 0.0261 e. The maximum atomic E-state index is 3.56. The van der Waals surface area contributed by atoms with Crippen LogP contribution in [0.4, 0.5) is 0 Å². The summed E-state index contributed by atoms with van der Waals surface area (Å²) in [6.07, 6.45) is 1.32. The molecule has 2 fully saturated rings. The molecule has 0 aliphatic carbocycles. The molecule has 18 heavy (non-hydrogen) atoms. The third kappa shape index (κ3) is 3.67. The van der Waals surface area contributed by atoms with Crippen LogP contribution >= 0.6 is 0 Å². The number of piperazine rings is 1. The van der Waals surface area contributed by atoms with E-state index in [1.165, 1.54) is 58.8 Å². The summed E-state index contributed by atoms with van der Waals surface area (Å²) in [5.74, 6) is 0.873. The first-order chi connectivity index (χ1) is 8.70. The summed E-state index contributed by atoms with van der Waals surface area (Å²) in [5, 5.41) is 3.56. The quantitative estimate of drug-likeness (QED) is 0.755. The number of nitrogens with zero attached hydrogens (tertiary/aromatic N) is 3. The molecular formula is C14H30N4. The van der Waals surface area contributed by atoms with Crippen molar-refractivity contribution in [2.45, 2.75) is 19.4 Å². The largest absolute Gasteiger partial charge is 0.315 e. The minimum atomic E-state index is 0.797. The molecule has 2 saturated heterocycles. The highest BCUT2D eigenvalue weighted by Crippen LogP contribution is 2.20. The molecular weight excluding hydrogens is 224 g/mol. The summed E-state index contributed by atoms with van der Waals surface area (Å²) in [5.41, 5.74) is 0. The minimum Gasteiger partial charge on any atom is -0.315 e. The second kappa shape index (κ2) is 6.85. The zero-order chi connectivity index (χ0) is 13.0. The summed E-state index contributed by atoms with van der Waals surface area (Å²) in [7, 11) is 4.32. The van der Waals surface area contributed by atoms with Crippen molar-refractivity contribution in [2.75, 3.05) is 66.5 Å². The van der Waals surface area contributed by atoms with Crippen molar-refractivity contribution in [3.8, 4) is 0 Å². The van der Waals surface area contributed by atoms with Crippen molar-refractivity contribution >= 4 is 0 Å². The van der Waals surface area contributed by atoms with E-state index >= 15 is 0 Å². The first kappa shape index (κ1) is 14.3. The number of nitrogens with one attached hydrogen (secondary N) is 1. The molecule has 2 aliphatic rings. The lowest BCUT2D eigenvalue weighted by molar-refractivity contribution is 0.0814. The van der Waals surface area contributed by atoms with E-state index in [-0.39, 0.29) is 0 Å². The Morgan fingerprint density at radius 1 is 1.11 bits per heavy atom. The monoisotopic (exact) mass is 254 g/mol. The standard InChI is InChI=1S/C14H30N4/c1-4-13-11-15-12-14(13)18-9-7-17(8-10-18)6-5-16(2)3/h13-15H,4-12H2,1-3H3. The summed E-state index contributed by atoms with van der Waals surface area (Å²) < 4.78 is 0. The van der Waals surface area contributed by atoms with Crippen molar-refractivity contribution in [1.82, 2.24) is 20.0 Å². The molecule has 2 unspecified atom stereocenters. The molecule has 4 nitrogen and oxygen atoms in total. The van der Waals surface area contributed by atoms with Gasteiger partial charge in [0.15, 0.2) is 0 Å². The summed E-state index contributed by atoms with van der Waals surface area (Å²) >= 11 is 0. The molecule has 0 saturated carbocycles. The van der Waals surface area contributed by atoms with Gasteiger partial charge in [-0.2, -0.15) is 0 Å². The van der Waals surface area contributed by atoms with Crippen LogP contribution in [0.3, 0.4) is 0 Å². The van der Waals surface area contributed by atoms with E-state index in [1.54, 1.807) is 0 Å². The zero-order valence-corrected chi connectivity index (χ0v) is 12.4. The summed E-state index contributed by atoms with van der Waals surface area (Å²) in [4.78, 5) is 7.61. The van der Waals surface area contributed by atoms with Crippen molar-refractivity contribution in [3.05, 3.63) is 0 Å². The van der Waals surface area contributed by atoms with Crippen LogP contribution in [0.15, 0.2) is 0 Å². The molecule has 0 aromatic rings. The molecule has 0 aromatic carbocycles. The van der Waals surface area contributed by atoms with Crippen molar-refractivity contribution < 1.29 is 0 Å². The Morgan fingerprint density at radius 3 is 2.44 bits per heavy atom. The van der Waals surface area contributed by atoms with Gasteiger partial charge in [-0.1, -0.05) is 13.3 Å². The Morgan fingerprint density at radius 2 is 1.83 bits per heavy atom. The van der Waals surface area contributed by atoms with E-state index in [1.807, 2.05) is 0 Å². The third-order valence-corrected chi connectivity index (χ3v) is 4.57. The van der Waals surface area contributed by atoms with Crippen LogP contribution in [0.2, 0.25) is 0 Å². The number of hydrogen-bond acceptors (Lipinski definition) is 4. The van der Waals surface area contributed by atoms with Gasteiger partial charge in [-0.25, -0.2) is 0 Å². The van der Waals surface area contributed by atoms with Gasteiger partial charge in [-0.3, -0.25) is 9.80 Å². The number of hydrogen-bond donors (Lipinski definition) is 1. The van der Waals surface area contributed by atoms with Crippen LogP contribution < -0.4 is 5.32 Å². The Balaban J connectivity index is 1.72. The second-order valence-electron chi connectivity index (χ2n) is 6.07. The summed E-state index contributed by atoms with van der Waals surface area (Å²) in [6.45, 7) is 12.2. The van der Waals surface area contributed by atoms with E-state index < -0.39 is 0 Å². The van der Waals surface area contributed by atoms with Gasteiger partial charge in [-0.05, 0) is 26.6 Å². The zero-order valence-electron chi connectivity index (χ0n) is 12.4. The van der Waals surface area contributed by atoms with Gasteiger partial charge in [0.1, 0.15) is 0 Å². The van der Waals surface area contributed by atoms with Crippen LogP contribution in [0, 0.1) is 5.92 Å². The first-order valence-electron chi connectivity index (χ1n) is 7.52. The normalized spacial score (nSPS) is 31.3. The van der Waals surface area contributed by atoms with Crippen molar-refractivity contribution in [1.29, 1.82) is 0 Å². The molecule has 1 N–H and O–H groups in total. The molecule has 0 radical (unpaired) electrons. The Hall–Kier alpha value is -0.160. The topological polar surface area (TPSA) is 21.8 Å². The van der Waals surface area contributed by atoms with Gasteiger partial charge < -0.3 is 10.2 Å². The molecule has 2 atom stereocenters. The highest BCUT2D eigenvalue weighted by atomic mass is 15.3. The lowest BCUT2D eigenvalue weighted by atomic mass is 9.99. The van der Waals surface area contributed by atoms with Gasteiger partial charge in [-0.15, -0.1) is 0 Å². The van der Waals surface area contributed by atoms with Crippen molar-refractivity contribution in [2.24, 2.45) is 5.92 Å². The number of rotatable bonds is 5. The molecule has 0 amide bonds. The Labute approximate surface area is 112 Å². The van der Waals surface area contributed by atoms with E-state index in [4.69, 9.17) is 0 Å². The van der Waals surface area contributed by atoms with Gasteiger partial charge in [0.25, 0.3) is 0 Å². The van der Waals surface area contributed by atoms with Gasteiger partial charge in [0.2, 0.25) is 0 Å². The predicted molar refractivity (Wildman–Crippen MR) is 77.0 cm³/mol. The van der Waals surface area contributed by atoms with E-state index in [0.717, 1.165) is 12.0 Å². The molecule has 2 aliphatic heterocycles. The van der Waals surface area contributed by atoms with Crippen LogP contribution in [-0.2, 0) is 0 Å². The fourth-order valence-electron chi connectivity index (χ4n) is 3.22. The first-order valence-corrected chi connectivity index (χ1v) is 7.52. The minimum absolute atomic E-state index is 0.797.